The normalized spacial score (nSPS) is 37.6. The summed E-state index contributed by atoms with van der Waals surface area (Å²) < 4.78 is 0. The molecule has 0 aromatic heterocycles. The highest BCUT2D eigenvalue weighted by molar-refractivity contribution is 8.00. The Hall–Kier alpha value is -0.550. The molecule has 4 heteroatoms. The van der Waals surface area contributed by atoms with E-state index < -0.39 is 11.2 Å². The number of aliphatic hydroxyl groups excluding tert-OH is 1. The minimum absolute atomic E-state index is 0.137. The maximum Gasteiger partial charge on any atom is 0.172 e. The van der Waals surface area contributed by atoms with Crippen LogP contribution in [0.3, 0.4) is 0 Å². The molecule has 0 amide bonds. The van der Waals surface area contributed by atoms with Crippen molar-refractivity contribution in [2.24, 2.45) is 28.6 Å². The molecule has 1 unspecified atom stereocenters. The lowest BCUT2D eigenvalue weighted by molar-refractivity contribution is -0.254. The van der Waals surface area contributed by atoms with Gasteiger partial charge in [-0.15, -0.1) is 0 Å². The van der Waals surface area contributed by atoms with Gasteiger partial charge in [0.15, 0.2) is 5.79 Å². The lowest BCUT2D eigenvalue weighted by atomic mass is 9.49. The molecule has 0 aromatic rings. The summed E-state index contributed by atoms with van der Waals surface area (Å²) in [6, 6.07) is 0. The molecule has 3 nitrogen and oxygen atoms in total. The second-order valence-electron chi connectivity index (χ2n) is 11.3. The van der Waals surface area contributed by atoms with E-state index in [9.17, 15) is 15.3 Å². The third-order valence-corrected chi connectivity index (χ3v) is 11.2. The van der Waals surface area contributed by atoms with Crippen LogP contribution in [-0.2, 0) is 0 Å². The van der Waals surface area contributed by atoms with Crippen molar-refractivity contribution in [2.45, 2.75) is 103 Å². The minimum atomic E-state index is -1.61. The maximum absolute atomic E-state index is 11.1. The van der Waals surface area contributed by atoms with Crippen LogP contribution in [0.15, 0.2) is 34.9 Å². The first-order valence-corrected chi connectivity index (χ1v) is 14.0. The Morgan fingerprint density at radius 2 is 1.81 bits per heavy atom. The fourth-order valence-corrected chi connectivity index (χ4v) is 8.96. The van der Waals surface area contributed by atoms with Gasteiger partial charge in [0, 0.05) is 22.8 Å². The van der Waals surface area contributed by atoms with Crippen molar-refractivity contribution in [2.75, 3.05) is 5.75 Å². The van der Waals surface area contributed by atoms with Crippen molar-refractivity contribution < 1.29 is 15.3 Å². The second-order valence-corrected chi connectivity index (χ2v) is 12.7. The zero-order chi connectivity index (χ0) is 23.3. The number of thioether (sulfide) groups is 1. The Labute approximate surface area is 199 Å². The van der Waals surface area contributed by atoms with E-state index in [-0.39, 0.29) is 17.4 Å². The number of hydrogen-bond acceptors (Lipinski definition) is 4. The van der Waals surface area contributed by atoms with Gasteiger partial charge >= 0.3 is 0 Å². The molecule has 4 rings (SSSR count). The first-order chi connectivity index (χ1) is 15.1. The van der Waals surface area contributed by atoms with Crippen LogP contribution in [0.25, 0.3) is 0 Å². The average Bonchev–Trinajstić information content (AvgIpc) is 3.11. The van der Waals surface area contributed by atoms with E-state index in [1.54, 1.807) is 5.57 Å². The van der Waals surface area contributed by atoms with Gasteiger partial charge in [0.05, 0.1) is 6.10 Å². The van der Waals surface area contributed by atoms with Crippen molar-refractivity contribution in [3.8, 4) is 0 Å². The molecule has 3 N–H and O–H groups in total. The van der Waals surface area contributed by atoms with E-state index in [0.29, 0.717) is 23.5 Å². The molecule has 0 bridgehead atoms. The van der Waals surface area contributed by atoms with E-state index >= 15 is 0 Å². The number of fused-ring (bicyclic) bond motifs is 5. The van der Waals surface area contributed by atoms with Gasteiger partial charge in [0.2, 0.25) is 0 Å². The van der Waals surface area contributed by atoms with E-state index in [1.807, 2.05) is 11.8 Å². The zero-order valence-corrected chi connectivity index (χ0v) is 21.5. The van der Waals surface area contributed by atoms with Crippen molar-refractivity contribution in [1.29, 1.82) is 0 Å². The Balaban J connectivity index is 1.52. The van der Waals surface area contributed by atoms with Crippen LogP contribution < -0.4 is 0 Å². The van der Waals surface area contributed by atoms with Crippen molar-refractivity contribution in [3.63, 3.8) is 0 Å². The molecule has 2 fully saturated rings. The predicted octanol–water partition coefficient (Wildman–Crippen LogP) is 6.01. The van der Waals surface area contributed by atoms with E-state index in [2.05, 4.69) is 52.8 Å². The van der Waals surface area contributed by atoms with E-state index in [4.69, 9.17) is 0 Å². The van der Waals surface area contributed by atoms with Crippen molar-refractivity contribution in [1.82, 2.24) is 0 Å². The Morgan fingerprint density at radius 3 is 2.50 bits per heavy atom. The smallest absolute Gasteiger partial charge is 0.172 e. The SMILES string of the molecule is CCC(CC)[C@H](O)CSC(C)C1=CC[C@H]2C3=CC=C4CCCC(O)(O)[C@]4(C)[C@H]3CC[C@]12C. The summed E-state index contributed by atoms with van der Waals surface area (Å²) in [5, 5.41) is 33.2. The summed E-state index contributed by atoms with van der Waals surface area (Å²) in [7, 11) is 0. The topological polar surface area (TPSA) is 60.7 Å². The maximum atomic E-state index is 11.1. The zero-order valence-electron chi connectivity index (χ0n) is 20.7. The number of allylic oxidation sites excluding steroid dienone is 4. The van der Waals surface area contributed by atoms with E-state index in [1.165, 1.54) is 11.1 Å². The summed E-state index contributed by atoms with van der Waals surface area (Å²) in [4.78, 5) is 0. The molecule has 0 radical (unpaired) electrons. The van der Waals surface area contributed by atoms with Crippen LogP contribution in [0.5, 0.6) is 0 Å². The van der Waals surface area contributed by atoms with Gasteiger partial charge in [-0.3, -0.25) is 0 Å². The molecule has 0 aromatic carbocycles. The molecule has 0 saturated heterocycles. The molecule has 0 heterocycles. The third-order valence-electron chi connectivity index (χ3n) is 9.95. The molecule has 4 aliphatic carbocycles. The predicted molar refractivity (Wildman–Crippen MR) is 134 cm³/mol. The Morgan fingerprint density at radius 1 is 1.09 bits per heavy atom. The molecule has 180 valence electrons. The van der Waals surface area contributed by atoms with Gasteiger partial charge in [0.1, 0.15) is 0 Å². The van der Waals surface area contributed by atoms with Crippen molar-refractivity contribution >= 4 is 11.8 Å². The molecular formula is C28H44O3S. The molecule has 0 spiro atoms. The first-order valence-electron chi connectivity index (χ1n) is 13.0. The molecular weight excluding hydrogens is 416 g/mol. The van der Waals surface area contributed by atoms with Gasteiger partial charge in [-0.25, -0.2) is 0 Å². The van der Waals surface area contributed by atoms with Gasteiger partial charge in [0.25, 0.3) is 0 Å². The standard InChI is InChI=1S/C28H44O3S/c1-6-19(7-2)25(29)17-32-18(3)22-12-13-23-21-11-10-20-9-8-15-28(30,31)27(20,5)24(21)14-16-26(22,23)4/h10-12,18-19,23-25,29-31H,6-9,13-17H2,1-5H3/t18?,23-,24-,25+,26+,27-/m0/s1. The Kier molecular flexibility index (Phi) is 6.84. The summed E-state index contributed by atoms with van der Waals surface area (Å²) in [6.07, 6.45) is 14.4. The summed E-state index contributed by atoms with van der Waals surface area (Å²) >= 11 is 1.91. The van der Waals surface area contributed by atoms with Gasteiger partial charge in [-0.05, 0) is 62.2 Å². The van der Waals surface area contributed by atoms with Crippen LogP contribution >= 0.6 is 11.8 Å². The van der Waals surface area contributed by atoms with Crippen LogP contribution in [0.4, 0.5) is 0 Å². The fourth-order valence-electron chi connectivity index (χ4n) is 7.66. The lowest BCUT2D eigenvalue weighted by Crippen LogP contribution is -2.57. The monoisotopic (exact) mass is 460 g/mol. The van der Waals surface area contributed by atoms with Gasteiger partial charge < -0.3 is 15.3 Å². The molecule has 0 aliphatic heterocycles. The van der Waals surface area contributed by atoms with Crippen LogP contribution in [0.2, 0.25) is 0 Å². The van der Waals surface area contributed by atoms with Crippen LogP contribution in [-0.4, -0.2) is 38.2 Å². The lowest BCUT2D eigenvalue weighted by Gasteiger charge is -2.58. The van der Waals surface area contributed by atoms with Gasteiger partial charge in [-0.2, -0.15) is 11.8 Å². The van der Waals surface area contributed by atoms with Crippen LogP contribution in [0, 0.1) is 28.6 Å². The quantitative estimate of drug-likeness (QED) is 0.322. The van der Waals surface area contributed by atoms with Crippen LogP contribution in [0.1, 0.15) is 86.0 Å². The highest BCUT2D eigenvalue weighted by Gasteiger charge is 2.60. The molecule has 4 aliphatic rings. The van der Waals surface area contributed by atoms with E-state index in [0.717, 1.165) is 50.7 Å². The average molecular weight is 461 g/mol. The van der Waals surface area contributed by atoms with Gasteiger partial charge in [-0.1, -0.05) is 75.5 Å². The number of rotatable bonds is 7. The summed E-state index contributed by atoms with van der Waals surface area (Å²) in [5.41, 5.74) is 3.81. The summed E-state index contributed by atoms with van der Waals surface area (Å²) in [5.74, 6) is 0.267. The van der Waals surface area contributed by atoms with Crippen molar-refractivity contribution in [3.05, 3.63) is 34.9 Å². The first kappa shape index (κ1) is 24.6. The highest BCUT2D eigenvalue weighted by Crippen LogP contribution is 2.65. The number of aliphatic hydroxyl groups is 3. The molecule has 2 saturated carbocycles. The molecule has 6 atom stereocenters. The fraction of sp³-hybridized carbons (Fsp3) is 0.786. The minimum Gasteiger partial charge on any atom is -0.392 e. The summed E-state index contributed by atoms with van der Waals surface area (Å²) in [6.45, 7) is 11.2. The number of hydrogen-bond donors (Lipinski definition) is 3. The largest absolute Gasteiger partial charge is 0.392 e. The Bertz CT molecular complexity index is 807. The highest BCUT2D eigenvalue weighted by atomic mass is 32.2. The molecule has 32 heavy (non-hydrogen) atoms. The second kappa shape index (κ2) is 8.91. The third kappa shape index (κ3) is 3.68.